The maximum atomic E-state index is 14.0. The number of hydrogen-bond acceptors (Lipinski definition) is 4. The number of carbonyl (C=O) groups is 1. The van der Waals surface area contributed by atoms with Crippen molar-refractivity contribution >= 4 is 16.9 Å². The minimum atomic E-state index is -0.764. The van der Waals surface area contributed by atoms with Gasteiger partial charge in [0.05, 0.1) is 19.2 Å². The molecular weight excluding hydrogens is 433 g/mol. The zero-order valence-corrected chi connectivity index (χ0v) is 20.3. The lowest BCUT2D eigenvalue weighted by atomic mass is 9.99. The largest absolute Gasteiger partial charge is 0.354 e. The Kier molecular flexibility index (Phi) is 6.84. The van der Waals surface area contributed by atoms with E-state index in [1.165, 1.54) is 16.7 Å². The van der Waals surface area contributed by atoms with Crippen molar-refractivity contribution in [3.05, 3.63) is 76.0 Å². The highest BCUT2D eigenvalue weighted by Crippen LogP contribution is 2.35. The molecule has 0 spiro atoms. The lowest BCUT2D eigenvalue weighted by Crippen LogP contribution is -2.51. The first-order valence-corrected chi connectivity index (χ1v) is 11.9. The molecule has 1 aliphatic rings. The van der Waals surface area contributed by atoms with Crippen LogP contribution in [0.4, 0.5) is 4.39 Å². The molecule has 1 saturated heterocycles. The molecule has 0 aliphatic carbocycles. The van der Waals surface area contributed by atoms with Crippen molar-refractivity contribution < 1.29 is 13.9 Å². The normalized spacial score (nSPS) is 20.4. The van der Waals surface area contributed by atoms with Crippen LogP contribution < -0.4 is 5.56 Å². The first kappa shape index (κ1) is 24.1. The third-order valence-electron chi connectivity index (χ3n) is 6.67. The number of aromatic nitrogens is 2. The molecule has 3 heterocycles. The lowest BCUT2D eigenvalue weighted by molar-refractivity contribution is -0.0641. The molecule has 1 fully saturated rings. The number of amides is 1. The summed E-state index contributed by atoms with van der Waals surface area (Å²) >= 11 is 0. The Balaban J connectivity index is 1.80. The van der Waals surface area contributed by atoms with Crippen LogP contribution in [-0.2, 0) is 11.3 Å². The summed E-state index contributed by atoms with van der Waals surface area (Å²) in [5.74, 6) is -0.194. The van der Waals surface area contributed by atoms with Crippen LogP contribution >= 0.6 is 0 Å². The van der Waals surface area contributed by atoms with Crippen LogP contribution in [0.15, 0.2) is 53.5 Å². The monoisotopic (exact) mass is 465 g/mol. The number of pyridine rings is 2. The van der Waals surface area contributed by atoms with Gasteiger partial charge in [0.25, 0.3) is 11.5 Å². The average molecular weight is 466 g/mol. The molecular formula is C27H32FN3O3. The van der Waals surface area contributed by atoms with Crippen LogP contribution in [0.3, 0.4) is 0 Å². The number of fused-ring (bicyclic) bond motifs is 1. The molecule has 2 aromatic heterocycles. The fourth-order valence-electron chi connectivity index (χ4n) is 4.64. The Morgan fingerprint density at radius 1 is 1.26 bits per heavy atom. The fraction of sp³-hybridized carbons (Fsp3) is 0.444. The number of ether oxygens (including phenoxy) is 1. The molecule has 4 rings (SSSR count). The second-order valence-corrected chi connectivity index (χ2v) is 9.65. The number of benzene rings is 1. The maximum absolute atomic E-state index is 14.0. The number of rotatable bonds is 7. The zero-order chi connectivity index (χ0) is 24.5. The second kappa shape index (κ2) is 9.66. The van der Waals surface area contributed by atoms with E-state index in [4.69, 9.17) is 4.74 Å². The van der Waals surface area contributed by atoms with Gasteiger partial charge >= 0.3 is 0 Å². The summed E-state index contributed by atoms with van der Waals surface area (Å²) in [4.78, 5) is 33.8. The average Bonchev–Trinajstić information content (AvgIpc) is 3.17. The van der Waals surface area contributed by atoms with Crippen molar-refractivity contribution in [1.82, 2.24) is 14.5 Å². The summed E-state index contributed by atoms with van der Waals surface area (Å²) in [5.41, 5.74) is 0.161. The molecule has 1 aromatic carbocycles. The molecule has 0 radical (unpaired) electrons. The number of nitrogens with zero attached hydrogens (tertiary/aromatic N) is 3. The van der Waals surface area contributed by atoms with E-state index in [0.29, 0.717) is 30.0 Å². The minimum absolute atomic E-state index is 0.0980. The van der Waals surface area contributed by atoms with E-state index in [1.807, 2.05) is 19.9 Å². The van der Waals surface area contributed by atoms with Crippen LogP contribution in [0.5, 0.6) is 0 Å². The Labute approximate surface area is 199 Å². The molecule has 0 saturated carbocycles. The topological polar surface area (TPSA) is 64.4 Å². The SMILES string of the molecule is CCC1COC(C)(CCC(C)C)N1C(=O)c1cc2cccnc2n(Cc2ccc(F)cc2)c1=O. The first-order chi connectivity index (χ1) is 16.2. The Bertz CT molecular complexity index is 1240. The van der Waals surface area contributed by atoms with Crippen LogP contribution in [0.1, 0.15) is 62.9 Å². The van der Waals surface area contributed by atoms with Crippen molar-refractivity contribution in [2.45, 2.75) is 65.3 Å². The minimum Gasteiger partial charge on any atom is -0.354 e. The third-order valence-corrected chi connectivity index (χ3v) is 6.67. The van der Waals surface area contributed by atoms with Crippen molar-refractivity contribution in [1.29, 1.82) is 0 Å². The highest BCUT2D eigenvalue weighted by atomic mass is 19.1. The van der Waals surface area contributed by atoms with E-state index < -0.39 is 11.3 Å². The summed E-state index contributed by atoms with van der Waals surface area (Å²) in [6.45, 7) is 8.91. The highest BCUT2D eigenvalue weighted by Gasteiger charge is 2.46. The van der Waals surface area contributed by atoms with E-state index in [2.05, 4.69) is 18.8 Å². The summed E-state index contributed by atoms with van der Waals surface area (Å²) in [7, 11) is 0. The van der Waals surface area contributed by atoms with Gasteiger partial charge in [-0.2, -0.15) is 0 Å². The van der Waals surface area contributed by atoms with E-state index in [-0.39, 0.29) is 29.9 Å². The van der Waals surface area contributed by atoms with E-state index in [9.17, 15) is 14.0 Å². The fourth-order valence-corrected chi connectivity index (χ4v) is 4.64. The van der Waals surface area contributed by atoms with Gasteiger partial charge in [0.15, 0.2) is 0 Å². The number of hydrogen-bond donors (Lipinski definition) is 0. The van der Waals surface area contributed by atoms with E-state index in [0.717, 1.165) is 18.4 Å². The molecule has 2 unspecified atom stereocenters. The molecule has 6 nitrogen and oxygen atoms in total. The number of halogens is 1. The smallest absolute Gasteiger partial charge is 0.265 e. The molecule has 180 valence electrons. The lowest BCUT2D eigenvalue weighted by Gasteiger charge is -2.37. The van der Waals surface area contributed by atoms with Gasteiger partial charge in [0.2, 0.25) is 0 Å². The van der Waals surface area contributed by atoms with Crippen molar-refractivity contribution in [3.63, 3.8) is 0 Å². The quantitative estimate of drug-likeness (QED) is 0.493. The highest BCUT2D eigenvalue weighted by molar-refractivity contribution is 5.97. The van der Waals surface area contributed by atoms with E-state index in [1.54, 1.807) is 35.4 Å². The van der Waals surface area contributed by atoms with Gasteiger partial charge in [-0.1, -0.05) is 32.9 Å². The molecule has 2 atom stereocenters. The predicted octanol–water partition coefficient (Wildman–Crippen LogP) is 4.99. The second-order valence-electron chi connectivity index (χ2n) is 9.65. The van der Waals surface area contributed by atoms with E-state index >= 15 is 0 Å². The maximum Gasteiger partial charge on any atom is 0.265 e. The van der Waals surface area contributed by atoms with Crippen molar-refractivity contribution in [2.75, 3.05) is 6.61 Å². The van der Waals surface area contributed by atoms with Crippen LogP contribution in [-0.4, -0.2) is 38.7 Å². The standard InChI is InChI=1S/C27H32FN3O3/c1-5-22-17-34-27(4,13-12-18(2)3)31(22)26(33)23-15-20-7-6-14-29-24(20)30(25(23)32)16-19-8-10-21(28)11-9-19/h6-11,14-15,18,22H,5,12-13,16-17H2,1-4H3. The summed E-state index contributed by atoms with van der Waals surface area (Å²) in [6, 6.07) is 11.2. The predicted molar refractivity (Wildman–Crippen MR) is 130 cm³/mol. The first-order valence-electron chi connectivity index (χ1n) is 11.9. The van der Waals surface area contributed by atoms with Crippen LogP contribution in [0.2, 0.25) is 0 Å². The molecule has 0 N–H and O–H groups in total. The molecule has 7 heteroatoms. The van der Waals surface area contributed by atoms with Gasteiger partial charge in [-0.15, -0.1) is 0 Å². The summed E-state index contributed by atoms with van der Waals surface area (Å²) in [6.07, 6.45) is 3.97. The van der Waals surface area contributed by atoms with Crippen LogP contribution in [0, 0.1) is 11.7 Å². The molecule has 1 aliphatic heterocycles. The third kappa shape index (κ3) is 4.62. The summed E-state index contributed by atoms with van der Waals surface area (Å²) < 4.78 is 21.1. The van der Waals surface area contributed by atoms with Gasteiger partial charge < -0.3 is 9.64 Å². The molecule has 0 bridgehead atoms. The van der Waals surface area contributed by atoms with Crippen LogP contribution in [0.25, 0.3) is 11.0 Å². The molecule has 1 amide bonds. The summed E-state index contributed by atoms with van der Waals surface area (Å²) in [5, 5.41) is 0.699. The van der Waals surface area contributed by atoms with Crippen molar-refractivity contribution in [3.8, 4) is 0 Å². The van der Waals surface area contributed by atoms with Gasteiger partial charge in [0.1, 0.15) is 22.8 Å². The van der Waals surface area contributed by atoms with Gasteiger partial charge in [-0.05, 0) is 68.0 Å². The molecule has 34 heavy (non-hydrogen) atoms. The van der Waals surface area contributed by atoms with Gasteiger partial charge in [-0.3, -0.25) is 14.2 Å². The zero-order valence-electron chi connectivity index (χ0n) is 20.3. The Morgan fingerprint density at radius 2 is 2.00 bits per heavy atom. The Hall–Kier alpha value is -3.06. The van der Waals surface area contributed by atoms with Crippen molar-refractivity contribution in [2.24, 2.45) is 5.92 Å². The van der Waals surface area contributed by atoms with Gasteiger partial charge in [-0.25, -0.2) is 9.37 Å². The van der Waals surface area contributed by atoms with Gasteiger partial charge in [0, 0.05) is 11.6 Å². The number of carbonyl (C=O) groups excluding carboxylic acids is 1. The Morgan fingerprint density at radius 3 is 2.68 bits per heavy atom. The molecule has 3 aromatic rings.